The summed E-state index contributed by atoms with van der Waals surface area (Å²) in [6.45, 7) is 9.91. The molecule has 1 aliphatic rings. The second-order valence-corrected chi connectivity index (χ2v) is 11.5. The number of rotatable bonds is 7. The van der Waals surface area contributed by atoms with Gasteiger partial charge in [-0.1, -0.05) is 25.1 Å². The molecule has 2 heterocycles. The van der Waals surface area contributed by atoms with Crippen LogP contribution in [-0.4, -0.2) is 57.2 Å². The lowest BCUT2D eigenvalue weighted by Crippen LogP contribution is -2.62. The van der Waals surface area contributed by atoms with Crippen LogP contribution in [0.4, 0.5) is 4.79 Å². The fourth-order valence-electron chi connectivity index (χ4n) is 5.10. The van der Waals surface area contributed by atoms with Gasteiger partial charge in [0.15, 0.2) is 0 Å². The average Bonchev–Trinajstić information content (AvgIpc) is 2.94. The Morgan fingerprint density at radius 1 is 1.07 bits per heavy atom. The van der Waals surface area contributed by atoms with Crippen LogP contribution in [0.1, 0.15) is 62.2 Å². The summed E-state index contributed by atoms with van der Waals surface area (Å²) in [4.78, 5) is 44.5. The summed E-state index contributed by atoms with van der Waals surface area (Å²) in [6.07, 6.45) is 0.183. The van der Waals surface area contributed by atoms with Gasteiger partial charge in [0, 0.05) is 35.3 Å². The fraction of sp³-hybridized carbons (Fsp3) is 0.419. The van der Waals surface area contributed by atoms with E-state index in [-0.39, 0.29) is 19.0 Å². The van der Waals surface area contributed by atoms with Crippen LogP contribution in [0, 0.1) is 12.8 Å². The molecule has 0 spiro atoms. The smallest absolute Gasteiger partial charge is 0.410 e. The number of pyridine rings is 1. The minimum Gasteiger partial charge on any atom is -0.489 e. The molecular formula is C31H38N4O6. The molecule has 3 N–H and O–H groups in total. The largest absolute Gasteiger partial charge is 0.489 e. The van der Waals surface area contributed by atoms with E-state index in [9.17, 15) is 19.6 Å². The number of fused-ring (bicyclic) bond motifs is 1. The van der Waals surface area contributed by atoms with Crippen LogP contribution in [0.3, 0.4) is 0 Å². The van der Waals surface area contributed by atoms with E-state index in [0.29, 0.717) is 30.8 Å². The molecule has 0 radical (unpaired) electrons. The van der Waals surface area contributed by atoms with Crippen molar-refractivity contribution in [3.63, 3.8) is 0 Å². The normalized spacial score (nSPS) is 15.6. The Bertz CT molecular complexity index is 1410. The number of ether oxygens (including phenoxy) is 2. The molecule has 41 heavy (non-hydrogen) atoms. The molecule has 0 bridgehead atoms. The Morgan fingerprint density at radius 2 is 1.73 bits per heavy atom. The molecule has 218 valence electrons. The van der Waals surface area contributed by atoms with Gasteiger partial charge in [0.05, 0.1) is 17.0 Å². The quantitative estimate of drug-likeness (QED) is 0.280. The molecular weight excluding hydrogens is 524 g/mol. The van der Waals surface area contributed by atoms with Crippen LogP contribution in [0.5, 0.6) is 5.75 Å². The summed E-state index contributed by atoms with van der Waals surface area (Å²) in [5.41, 5.74) is 3.32. The highest BCUT2D eigenvalue weighted by molar-refractivity contribution is 5.95. The van der Waals surface area contributed by atoms with Crippen molar-refractivity contribution >= 4 is 28.8 Å². The van der Waals surface area contributed by atoms with Gasteiger partial charge in [-0.2, -0.15) is 0 Å². The zero-order valence-electron chi connectivity index (χ0n) is 24.2. The number of nitrogens with one attached hydrogen (secondary N) is 2. The van der Waals surface area contributed by atoms with E-state index >= 15 is 0 Å². The number of carbonyl (C=O) groups is 3. The Morgan fingerprint density at radius 3 is 2.37 bits per heavy atom. The maximum atomic E-state index is 13.4. The van der Waals surface area contributed by atoms with Crippen molar-refractivity contribution in [3.05, 3.63) is 71.4 Å². The van der Waals surface area contributed by atoms with E-state index in [0.717, 1.165) is 22.2 Å². The van der Waals surface area contributed by atoms with Crippen LogP contribution in [0.15, 0.2) is 54.6 Å². The third-order valence-corrected chi connectivity index (χ3v) is 7.44. The molecule has 3 amide bonds. The van der Waals surface area contributed by atoms with Crippen molar-refractivity contribution < 1.29 is 29.1 Å². The van der Waals surface area contributed by atoms with Crippen molar-refractivity contribution in [1.29, 1.82) is 0 Å². The number of para-hydroxylation sites is 1. The summed E-state index contributed by atoms with van der Waals surface area (Å²) in [6, 6.07) is 16.7. The van der Waals surface area contributed by atoms with Gasteiger partial charge in [-0.25, -0.2) is 10.3 Å². The van der Waals surface area contributed by atoms with Crippen LogP contribution in [-0.2, 0) is 16.1 Å². The van der Waals surface area contributed by atoms with E-state index in [1.54, 1.807) is 62.3 Å². The number of aromatic nitrogens is 1. The first-order chi connectivity index (χ1) is 19.4. The van der Waals surface area contributed by atoms with Crippen molar-refractivity contribution in [3.8, 4) is 5.75 Å². The number of hydrogen-bond donors (Lipinski definition) is 3. The highest BCUT2D eigenvalue weighted by Gasteiger charge is 2.45. The number of aryl methyl sites for hydroxylation is 1. The van der Waals surface area contributed by atoms with Crippen molar-refractivity contribution in [2.45, 2.75) is 65.2 Å². The van der Waals surface area contributed by atoms with Crippen LogP contribution in [0.2, 0.25) is 0 Å². The molecule has 1 fully saturated rings. The van der Waals surface area contributed by atoms with Gasteiger partial charge in [0.2, 0.25) is 5.91 Å². The molecule has 4 rings (SSSR count). The number of piperidine rings is 1. The summed E-state index contributed by atoms with van der Waals surface area (Å²) in [7, 11) is 0. The molecule has 3 aromatic rings. The summed E-state index contributed by atoms with van der Waals surface area (Å²) in [5, 5.41) is 13.4. The Balaban J connectivity index is 1.44. The molecule has 1 aliphatic heterocycles. The van der Waals surface area contributed by atoms with Crippen molar-refractivity contribution in [1.82, 2.24) is 20.7 Å². The number of carbonyl (C=O) groups excluding carboxylic acids is 3. The Hall–Kier alpha value is -4.18. The summed E-state index contributed by atoms with van der Waals surface area (Å²) < 4.78 is 11.5. The molecule has 0 aliphatic carbocycles. The molecule has 1 saturated heterocycles. The maximum Gasteiger partial charge on any atom is 0.410 e. The van der Waals surface area contributed by atoms with Crippen LogP contribution >= 0.6 is 0 Å². The molecule has 10 nitrogen and oxygen atoms in total. The molecule has 2 aromatic carbocycles. The first-order valence-electron chi connectivity index (χ1n) is 13.7. The number of likely N-dealkylation sites (tertiary alicyclic amines) is 1. The molecule has 0 saturated carbocycles. The van der Waals surface area contributed by atoms with Crippen molar-refractivity contribution in [2.75, 3.05) is 13.1 Å². The predicted molar refractivity (Wildman–Crippen MR) is 154 cm³/mol. The van der Waals surface area contributed by atoms with E-state index in [1.807, 2.05) is 37.3 Å². The average molecular weight is 563 g/mol. The Labute approximate surface area is 240 Å². The van der Waals surface area contributed by atoms with E-state index in [1.165, 1.54) is 0 Å². The first-order valence-corrected chi connectivity index (χ1v) is 13.7. The van der Waals surface area contributed by atoms with E-state index in [4.69, 9.17) is 9.47 Å². The Kier molecular flexibility index (Phi) is 8.82. The lowest BCUT2D eigenvalue weighted by molar-refractivity contribution is -0.136. The fourth-order valence-corrected chi connectivity index (χ4v) is 5.10. The van der Waals surface area contributed by atoms with E-state index < -0.39 is 29.1 Å². The highest BCUT2D eigenvalue weighted by Crippen LogP contribution is 2.32. The standard InChI is InChI=1S/C31H38N4O6/c1-20-18-23(25-8-6-7-9-26(25)32-20)19-40-24-12-10-22(11-13-24)28(37)33-31(21(2)27(36)34-39)14-16-35(17-15-31)29(38)41-30(3,4)5/h6-13,18,21,39H,14-17,19H2,1-5H3,(H,33,37)(H,34,36). The second-order valence-electron chi connectivity index (χ2n) is 11.5. The van der Waals surface area contributed by atoms with Crippen LogP contribution in [0.25, 0.3) is 10.9 Å². The highest BCUT2D eigenvalue weighted by atomic mass is 16.6. The van der Waals surface area contributed by atoms with Crippen LogP contribution < -0.4 is 15.5 Å². The number of hydroxylamine groups is 1. The monoisotopic (exact) mass is 562 g/mol. The zero-order chi connectivity index (χ0) is 29.8. The summed E-state index contributed by atoms with van der Waals surface area (Å²) in [5.74, 6) is -1.12. The first kappa shape index (κ1) is 29.8. The lowest BCUT2D eigenvalue weighted by atomic mass is 9.76. The number of hydrogen-bond acceptors (Lipinski definition) is 7. The SMILES string of the molecule is Cc1cc(COc2ccc(C(=O)NC3(C(C)C(=O)NO)CCN(C(=O)OC(C)(C)C)CC3)cc2)c2ccccc2n1. The second kappa shape index (κ2) is 12.1. The molecule has 1 aromatic heterocycles. The van der Waals surface area contributed by atoms with Gasteiger partial charge < -0.3 is 19.7 Å². The number of nitrogens with zero attached hydrogens (tertiary/aromatic N) is 2. The van der Waals surface area contributed by atoms with E-state index in [2.05, 4.69) is 10.3 Å². The number of benzene rings is 2. The number of amides is 3. The molecule has 1 atom stereocenters. The third-order valence-electron chi connectivity index (χ3n) is 7.44. The molecule has 10 heteroatoms. The lowest BCUT2D eigenvalue weighted by Gasteiger charge is -2.45. The van der Waals surface area contributed by atoms with Gasteiger partial charge in [0.1, 0.15) is 18.0 Å². The third kappa shape index (κ3) is 7.13. The van der Waals surface area contributed by atoms with Gasteiger partial charge >= 0.3 is 6.09 Å². The van der Waals surface area contributed by atoms with Gasteiger partial charge in [0.25, 0.3) is 5.91 Å². The van der Waals surface area contributed by atoms with Crippen molar-refractivity contribution in [2.24, 2.45) is 5.92 Å². The topological polar surface area (TPSA) is 130 Å². The predicted octanol–water partition coefficient (Wildman–Crippen LogP) is 4.76. The minimum atomic E-state index is -0.974. The minimum absolute atomic E-state index is 0.286. The summed E-state index contributed by atoms with van der Waals surface area (Å²) >= 11 is 0. The van der Waals surface area contributed by atoms with Gasteiger partial charge in [-0.05, 0) is 76.9 Å². The maximum absolute atomic E-state index is 13.4. The van der Waals surface area contributed by atoms with Gasteiger partial charge in [-0.15, -0.1) is 0 Å². The van der Waals surface area contributed by atoms with Gasteiger partial charge in [-0.3, -0.25) is 19.8 Å². The molecule has 1 unspecified atom stereocenters. The zero-order valence-corrected chi connectivity index (χ0v) is 24.2.